The summed E-state index contributed by atoms with van der Waals surface area (Å²) in [7, 11) is 0. The molecule has 0 fully saturated rings. The standard InChI is InChI=1S/C7H7N3OS/c8-3-5(4-12)7-9-2-1-6(11)10-7/h1-2,5,12H,4H2,(H,9,10,11). The van der Waals surface area contributed by atoms with Gasteiger partial charge in [-0.05, 0) is 0 Å². The Morgan fingerprint density at radius 1 is 1.83 bits per heavy atom. The third-order valence-corrected chi connectivity index (χ3v) is 1.72. The zero-order valence-electron chi connectivity index (χ0n) is 6.19. The normalized spacial score (nSPS) is 12.0. The topological polar surface area (TPSA) is 69.5 Å². The number of hydrogen-bond acceptors (Lipinski definition) is 4. The molecule has 1 unspecified atom stereocenters. The molecule has 1 heterocycles. The second-order valence-corrected chi connectivity index (χ2v) is 2.55. The van der Waals surface area contributed by atoms with Crippen LogP contribution >= 0.6 is 12.6 Å². The van der Waals surface area contributed by atoms with Crippen molar-refractivity contribution < 1.29 is 0 Å². The molecular weight excluding hydrogens is 174 g/mol. The quantitative estimate of drug-likeness (QED) is 0.645. The average Bonchev–Trinajstić information content (AvgIpc) is 2.07. The molecule has 1 rings (SSSR count). The van der Waals surface area contributed by atoms with E-state index < -0.39 is 5.92 Å². The first-order chi connectivity index (χ1) is 5.77. The molecule has 1 N–H and O–H groups in total. The van der Waals surface area contributed by atoms with Crippen LogP contribution in [0.4, 0.5) is 0 Å². The minimum atomic E-state index is -0.442. The van der Waals surface area contributed by atoms with Gasteiger partial charge < -0.3 is 4.98 Å². The van der Waals surface area contributed by atoms with Crippen LogP contribution in [0.25, 0.3) is 0 Å². The van der Waals surface area contributed by atoms with Gasteiger partial charge in [-0.25, -0.2) is 4.98 Å². The molecule has 12 heavy (non-hydrogen) atoms. The summed E-state index contributed by atoms with van der Waals surface area (Å²) in [5, 5.41) is 8.61. The number of aromatic amines is 1. The number of aromatic nitrogens is 2. The first-order valence-electron chi connectivity index (χ1n) is 3.33. The highest BCUT2D eigenvalue weighted by atomic mass is 32.1. The van der Waals surface area contributed by atoms with E-state index in [-0.39, 0.29) is 5.56 Å². The Morgan fingerprint density at radius 3 is 3.08 bits per heavy atom. The lowest BCUT2D eigenvalue weighted by Gasteiger charge is -2.01. The van der Waals surface area contributed by atoms with Crippen LogP contribution in [-0.2, 0) is 0 Å². The highest BCUT2D eigenvalue weighted by molar-refractivity contribution is 7.80. The first-order valence-corrected chi connectivity index (χ1v) is 3.97. The number of hydrogen-bond donors (Lipinski definition) is 2. The monoisotopic (exact) mass is 181 g/mol. The molecule has 5 heteroatoms. The van der Waals surface area contributed by atoms with Gasteiger partial charge in [0.05, 0.1) is 6.07 Å². The smallest absolute Gasteiger partial charge is 0.250 e. The van der Waals surface area contributed by atoms with Crippen molar-refractivity contribution in [3.05, 3.63) is 28.4 Å². The van der Waals surface area contributed by atoms with Crippen molar-refractivity contribution in [1.29, 1.82) is 5.26 Å². The molecule has 0 saturated carbocycles. The third-order valence-electron chi connectivity index (χ3n) is 1.36. The van der Waals surface area contributed by atoms with Crippen molar-refractivity contribution in [2.24, 2.45) is 0 Å². The second-order valence-electron chi connectivity index (χ2n) is 2.18. The fraction of sp³-hybridized carbons (Fsp3) is 0.286. The third kappa shape index (κ3) is 1.86. The van der Waals surface area contributed by atoms with E-state index in [9.17, 15) is 4.79 Å². The second kappa shape index (κ2) is 3.93. The molecule has 0 aliphatic heterocycles. The van der Waals surface area contributed by atoms with Crippen molar-refractivity contribution >= 4 is 12.6 Å². The number of thiol groups is 1. The SMILES string of the molecule is N#CC(CS)c1nccc(=O)[nH]1. The van der Waals surface area contributed by atoms with Crippen molar-refractivity contribution in [3.8, 4) is 6.07 Å². The summed E-state index contributed by atoms with van der Waals surface area (Å²) in [5.41, 5.74) is -0.248. The Bertz CT molecular complexity index is 354. The van der Waals surface area contributed by atoms with Gasteiger partial charge in [-0.15, -0.1) is 0 Å². The number of H-pyrrole nitrogens is 1. The Hall–Kier alpha value is -1.28. The molecule has 0 aliphatic rings. The highest BCUT2D eigenvalue weighted by Gasteiger charge is 2.09. The molecule has 1 aromatic heterocycles. The lowest BCUT2D eigenvalue weighted by atomic mass is 10.2. The van der Waals surface area contributed by atoms with Crippen LogP contribution in [0.2, 0.25) is 0 Å². The van der Waals surface area contributed by atoms with Gasteiger partial charge in [-0.3, -0.25) is 4.79 Å². The fourth-order valence-electron chi connectivity index (χ4n) is 0.751. The molecule has 0 radical (unpaired) electrons. The molecule has 0 spiro atoms. The van der Waals surface area contributed by atoms with Gasteiger partial charge >= 0.3 is 0 Å². The summed E-state index contributed by atoms with van der Waals surface area (Å²) in [6.45, 7) is 0. The molecule has 0 amide bonds. The predicted octanol–water partition coefficient (Wildman–Crippen LogP) is 0.307. The highest BCUT2D eigenvalue weighted by Crippen LogP contribution is 2.08. The van der Waals surface area contributed by atoms with E-state index in [1.165, 1.54) is 12.3 Å². The lowest BCUT2D eigenvalue weighted by Crippen LogP contribution is -2.12. The van der Waals surface area contributed by atoms with Crippen LogP contribution in [0.5, 0.6) is 0 Å². The van der Waals surface area contributed by atoms with Crippen LogP contribution in [0.1, 0.15) is 11.7 Å². The van der Waals surface area contributed by atoms with Crippen molar-refractivity contribution in [3.63, 3.8) is 0 Å². The van der Waals surface area contributed by atoms with Crippen LogP contribution in [-0.4, -0.2) is 15.7 Å². The maximum Gasteiger partial charge on any atom is 0.250 e. The zero-order chi connectivity index (χ0) is 8.97. The number of nitrogens with one attached hydrogen (secondary N) is 1. The molecular formula is C7H7N3OS. The van der Waals surface area contributed by atoms with Gasteiger partial charge in [0.2, 0.25) is 0 Å². The van der Waals surface area contributed by atoms with E-state index >= 15 is 0 Å². The summed E-state index contributed by atoms with van der Waals surface area (Å²) in [4.78, 5) is 17.1. The van der Waals surface area contributed by atoms with Gasteiger partial charge in [0, 0.05) is 18.0 Å². The van der Waals surface area contributed by atoms with E-state index in [0.29, 0.717) is 11.6 Å². The zero-order valence-corrected chi connectivity index (χ0v) is 7.08. The Labute approximate surface area is 74.7 Å². The molecule has 0 saturated heterocycles. The van der Waals surface area contributed by atoms with Gasteiger partial charge in [0.15, 0.2) is 0 Å². The van der Waals surface area contributed by atoms with E-state index in [1.54, 1.807) is 0 Å². The summed E-state index contributed by atoms with van der Waals surface area (Å²) >= 11 is 3.96. The van der Waals surface area contributed by atoms with Crippen LogP contribution in [0, 0.1) is 11.3 Å². The Kier molecular flexibility index (Phi) is 2.88. The molecule has 1 aromatic rings. The van der Waals surface area contributed by atoms with E-state index in [1.807, 2.05) is 6.07 Å². The van der Waals surface area contributed by atoms with Crippen LogP contribution < -0.4 is 5.56 Å². The van der Waals surface area contributed by atoms with Gasteiger partial charge in [-0.2, -0.15) is 17.9 Å². The van der Waals surface area contributed by atoms with Crippen LogP contribution in [0.3, 0.4) is 0 Å². The molecule has 62 valence electrons. The first kappa shape index (κ1) is 8.81. The maximum atomic E-state index is 10.8. The fourth-order valence-corrected chi connectivity index (χ4v) is 1.01. The number of nitriles is 1. The molecule has 0 aromatic carbocycles. The van der Waals surface area contributed by atoms with E-state index in [4.69, 9.17) is 5.26 Å². The van der Waals surface area contributed by atoms with Crippen molar-refractivity contribution in [1.82, 2.24) is 9.97 Å². The average molecular weight is 181 g/mol. The van der Waals surface area contributed by atoms with E-state index in [0.717, 1.165) is 0 Å². The minimum absolute atomic E-state index is 0.248. The Balaban J connectivity index is 3.03. The predicted molar refractivity (Wildman–Crippen MR) is 47.1 cm³/mol. The summed E-state index contributed by atoms with van der Waals surface area (Å²) < 4.78 is 0. The minimum Gasteiger partial charge on any atom is -0.309 e. The van der Waals surface area contributed by atoms with Crippen LogP contribution in [0.15, 0.2) is 17.1 Å². The molecule has 4 nitrogen and oxygen atoms in total. The van der Waals surface area contributed by atoms with Gasteiger partial charge in [0.25, 0.3) is 5.56 Å². The molecule has 0 aliphatic carbocycles. The van der Waals surface area contributed by atoms with Crippen molar-refractivity contribution in [2.45, 2.75) is 5.92 Å². The number of rotatable bonds is 2. The van der Waals surface area contributed by atoms with Crippen molar-refractivity contribution in [2.75, 3.05) is 5.75 Å². The van der Waals surface area contributed by atoms with Gasteiger partial charge in [0.1, 0.15) is 11.7 Å². The van der Waals surface area contributed by atoms with Gasteiger partial charge in [-0.1, -0.05) is 0 Å². The summed E-state index contributed by atoms with van der Waals surface area (Å²) in [6, 6.07) is 3.29. The molecule has 1 atom stereocenters. The summed E-state index contributed by atoms with van der Waals surface area (Å²) in [5.74, 6) is 0.283. The largest absolute Gasteiger partial charge is 0.309 e. The maximum absolute atomic E-state index is 10.8. The van der Waals surface area contributed by atoms with E-state index in [2.05, 4.69) is 22.6 Å². The number of nitrogens with zero attached hydrogens (tertiary/aromatic N) is 2. The molecule has 0 bridgehead atoms. The Morgan fingerprint density at radius 2 is 2.58 bits per heavy atom. The lowest BCUT2D eigenvalue weighted by molar-refractivity contribution is 0.852. The summed E-state index contributed by atoms with van der Waals surface area (Å²) in [6.07, 6.45) is 1.38.